The Balaban J connectivity index is 2.39. The van der Waals surface area contributed by atoms with Crippen molar-refractivity contribution in [1.82, 2.24) is 9.13 Å². The lowest BCUT2D eigenvalue weighted by atomic mass is 10.1. The Kier molecular flexibility index (Phi) is 3.51. The van der Waals surface area contributed by atoms with Gasteiger partial charge in [-0.15, -0.1) is 0 Å². The zero-order valence-electron chi connectivity index (χ0n) is 10.5. The highest BCUT2D eigenvalue weighted by molar-refractivity contribution is 5.87. The van der Waals surface area contributed by atoms with Gasteiger partial charge in [0, 0.05) is 19.4 Å². The molecule has 7 heteroatoms. The van der Waals surface area contributed by atoms with E-state index in [1.165, 1.54) is 25.5 Å². The number of aromatic nitrogens is 2. The number of hydrogen-bond donors (Lipinski definition) is 1. The first-order valence-corrected chi connectivity index (χ1v) is 5.68. The SMILES string of the molecule is Cn1ccn(Cc2ccc(C(=O)O)c(F)c2)c(=O)c1=O. The number of aryl methyl sites for hydroxylation is 1. The van der Waals surface area contributed by atoms with E-state index >= 15 is 0 Å². The van der Waals surface area contributed by atoms with Gasteiger partial charge in [-0.2, -0.15) is 0 Å². The average Bonchev–Trinajstić information content (AvgIpc) is 2.39. The van der Waals surface area contributed by atoms with E-state index in [9.17, 15) is 18.8 Å². The maximum atomic E-state index is 13.5. The molecule has 1 heterocycles. The minimum absolute atomic E-state index is 0.00820. The molecule has 0 bridgehead atoms. The van der Waals surface area contributed by atoms with E-state index in [1.54, 1.807) is 0 Å². The Hall–Kier alpha value is -2.70. The predicted octanol–water partition coefficient (Wildman–Crippen LogP) is 0.433. The number of aromatic carboxylic acids is 1. The molecule has 0 fully saturated rings. The summed E-state index contributed by atoms with van der Waals surface area (Å²) in [6, 6.07) is 3.56. The van der Waals surface area contributed by atoms with Gasteiger partial charge in [0.15, 0.2) is 0 Å². The summed E-state index contributed by atoms with van der Waals surface area (Å²) in [5.74, 6) is -2.24. The summed E-state index contributed by atoms with van der Waals surface area (Å²) in [6.45, 7) is -0.00820. The van der Waals surface area contributed by atoms with Crippen LogP contribution >= 0.6 is 0 Å². The van der Waals surface area contributed by atoms with Gasteiger partial charge in [-0.1, -0.05) is 6.07 Å². The number of carbonyl (C=O) groups is 1. The molecule has 0 unspecified atom stereocenters. The highest BCUT2D eigenvalue weighted by Crippen LogP contribution is 2.11. The first-order valence-electron chi connectivity index (χ1n) is 5.68. The second kappa shape index (κ2) is 5.12. The van der Waals surface area contributed by atoms with Crippen LogP contribution in [0.15, 0.2) is 40.2 Å². The Morgan fingerprint density at radius 3 is 2.55 bits per heavy atom. The van der Waals surface area contributed by atoms with E-state index in [2.05, 4.69) is 0 Å². The number of nitrogens with zero attached hydrogens (tertiary/aromatic N) is 2. The fourth-order valence-corrected chi connectivity index (χ4v) is 1.74. The third kappa shape index (κ3) is 2.51. The van der Waals surface area contributed by atoms with Crippen LogP contribution in [0.25, 0.3) is 0 Å². The molecule has 20 heavy (non-hydrogen) atoms. The molecule has 0 saturated carbocycles. The second-order valence-electron chi connectivity index (χ2n) is 4.27. The van der Waals surface area contributed by atoms with E-state index in [0.717, 1.165) is 21.3 Å². The molecule has 1 N–H and O–H groups in total. The first kappa shape index (κ1) is 13.7. The van der Waals surface area contributed by atoms with Crippen LogP contribution in [-0.4, -0.2) is 20.2 Å². The third-order valence-corrected chi connectivity index (χ3v) is 2.85. The molecule has 0 saturated heterocycles. The standard InChI is InChI=1S/C13H11FN2O4/c1-15-4-5-16(12(18)11(15)17)7-8-2-3-9(13(19)20)10(14)6-8/h2-6H,7H2,1H3,(H,19,20). The summed E-state index contributed by atoms with van der Waals surface area (Å²) in [5.41, 5.74) is -1.46. The topological polar surface area (TPSA) is 81.3 Å². The van der Waals surface area contributed by atoms with Crippen molar-refractivity contribution in [3.63, 3.8) is 0 Å². The zero-order valence-corrected chi connectivity index (χ0v) is 10.5. The molecule has 1 aromatic heterocycles. The minimum Gasteiger partial charge on any atom is -0.478 e. The van der Waals surface area contributed by atoms with E-state index in [0.29, 0.717) is 5.56 Å². The number of carboxylic acid groups (broad SMARTS) is 1. The van der Waals surface area contributed by atoms with Gasteiger partial charge in [0.1, 0.15) is 5.82 Å². The summed E-state index contributed by atoms with van der Waals surface area (Å²) >= 11 is 0. The van der Waals surface area contributed by atoms with Gasteiger partial charge >= 0.3 is 17.1 Å². The van der Waals surface area contributed by atoms with Crippen LogP contribution in [0.3, 0.4) is 0 Å². The monoisotopic (exact) mass is 278 g/mol. The maximum absolute atomic E-state index is 13.5. The van der Waals surface area contributed by atoms with Crippen molar-refractivity contribution in [3.05, 3.63) is 68.2 Å². The Morgan fingerprint density at radius 2 is 1.95 bits per heavy atom. The molecule has 0 aliphatic rings. The van der Waals surface area contributed by atoms with E-state index in [-0.39, 0.29) is 6.54 Å². The summed E-state index contributed by atoms with van der Waals surface area (Å²) in [6.07, 6.45) is 2.83. The van der Waals surface area contributed by atoms with Crippen molar-refractivity contribution in [2.75, 3.05) is 0 Å². The molecule has 0 amide bonds. The highest BCUT2D eigenvalue weighted by atomic mass is 19.1. The zero-order chi connectivity index (χ0) is 14.9. The smallest absolute Gasteiger partial charge is 0.338 e. The van der Waals surface area contributed by atoms with Gasteiger partial charge in [-0.05, 0) is 17.7 Å². The Morgan fingerprint density at radius 1 is 1.25 bits per heavy atom. The fourth-order valence-electron chi connectivity index (χ4n) is 1.74. The van der Waals surface area contributed by atoms with Gasteiger partial charge in [-0.25, -0.2) is 9.18 Å². The molecule has 1 aromatic carbocycles. The predicted molar refractivity (Wildman–Crippen MR) is 68.4 cm³/mol. The van der Waals surface area contributed by atoms with Crippen LogP contribution in [0.1, 0.15) is 15.9 Å². The van der Waals surface area contributed by atoms with Crippen LogP contribution in [0, 0.1) is 5.82 Å². The van der Waals surface area contributed by atoms with Crippen molar-refractivity contribution in [1.29, 1.82) is 0 Å². The molecule has 0 radical (unpaired) electrons. The molecule has 0 atom stereocenters. The highest BCUT2D eigenvalue weighted by Gasteiger charge is 2.11. The Labute approximate surface area is 112 Å². The quantitative estimate of drug-likeness (QED) is 0.826. The lowest BCUT2D eigenvalue weighted by Crippen LogP contribution is -2.39. The van der Waals surface area contributed by atoms with Gasteiger partial charge in [-0.3, -0.25) is 9.59 Å². The molecule has 2 rings (SSSR count). The fraction of sp³-hybridized carbons (Fsp3) is 0.154. The van der Waals surface area contributed by atoms with Gasteiger partial charge in [0.2, 0.25) is 0 Å². The van der Waals surface area contributed by atoms with Crippen molar-refractivity contribution in [2.24, 2.45) is 7.05 Å². The van der Waals surface area contributed by atoms with Crippen molar-refractivity contribution in [3.8, 4) is 0 Å². The number of carboxylic acids is 1. The number of benzene rings is 1. The molecule has 104 valence electrons. The van der Waals surface area contributed by atoms with Gasteiger partial charge in [0.25, 0.3) is 0 Å². The van der Waals surface area contributed by atoms with E-state index in [4.69, 9.17) is 5.11 Å². The lowest BCUT2D eigenvalue weighted by Gasteiger charge is -2.07. The summed E-state index contributed by atoms with van der Waals surface area (Å²) in [7, 11) is 1.45. The molecular formula is C13H11FN2O4. The van der Waals surface area contributed by atoms with E-state index in [1.807, 2.05) is 0 Å². The summed E-state index contributed by atoms with van der Waals surface area (Å²) < 4.78 is 15.8. The molecule has 2 aromatic rings. The molecule has 0 aliphatic carbocycles. The average molecular weight is 278 g/mol. The second-order valence-corrected chi connectivity index (χ2v) is 4.27. The van der Waals surface area contributed by atoms with E-state index < -0.39 is 28.5 Å². The van der Waals surface area contributed by atoms with Gasteiger partial charge < -0.3 is 14.2 Å². The Bertz CT molecular complexity index is 792. The van der Waals surface area contributed by atoms with Crippen LogP contribution in [0.2, 0.25) is 0 Å². The number of halogens is 1. The molecular weight excluding hydrogens is 267 g/mol. The van der Waals surface area contributed by atoms with Gasteiger partial charge in [0.05, 0.1) is 12.1 Å². The first-order chi connectivity index (χ1) is 9.40. The molecule has 0 spiro atoms. The van der Waals surface area contributed by atoms with Crippen molar-refractivity contribution in [2.45, 2.75) is 6.54 Å². The van der Waals surface area contributed by atoms with Crippen molar-refractivity contribution < 1.29 is 14.3 Å². The summed E-state index contributed by atoms with van der Waals surface area (Å²) in [4.78, 5) is 33.9. The maximum Gasteiger partial charge on any atom is 0.338 e. The van der Waals surface area contributed by atoms with Crippen LogP contribution in [0.5, 0.6) is 0 Å². The number of rotatable bonds is 3. The normalized spacial score (nSPS) is 10.5. The van der Waals surface area contributed by atoms with Crippen LogP contribution in [-0.2, 0) is 13.6 Å². The third-order valence-electron chi connectivity index (χ3n) is 2.85. The number of hydrogen-bond acceptors (Lipinski definition) is 3. The lowest BCUT2D eigenvalue weighted by molar-refractivity contribution is 0.0692. The van der Waals surface area contributed by atoms with Crippen LogP contribution in [0.4, 0.5) is 4.39 Å². The van der Waals surface area contributed by atoms with Crippen molar-refractivity contribution >= 4 is 5.97 Å². The summed E-state index contributed by atoms with van der Waals surface area (Å²) in [5, 5.41) is 8.72. The molecule has 6 nitrogen and oxygen atoms in total. The van der Waals surface area contributed by atoms with Crippen LogP contribution < -0.4 is 11.1 Å². The molecule has 0 aliphatic heterocycles. The largest absolute Gasteiger partial charge is 0.478 e. The minimum atomic E-state index is -1.36.